The lowest BCUT2D eigenvalue weighted by Crippen LogP contribution is -2.29. The molecule has 0 aliphatic carbocycles. The van der Waals surface area contributed by atoms with Crippen molar-refractivity contribution >= 4 is 52.1 Å². The number of anilines is 3. The Morgan fingerprint density at radius 1 is 1.00 bits per heavy atom. The van der Waals surface area contributed by atoms with Crippen molar-refractivity contribution in [2.75, 3.05) is 16.4 Å². The van der Waals surface area contributed by atoms with Crippen LogP contribution in [0.3, 0.4) is 0 Å². The molecule has 0 saturated carbocycles. The maximum Gasteiger partial charge on any atom is 0.314 e. The van der Waals surface area contributed by atoms with E-state index in [-0.39, 0.29) is 15.7 Å². The first kappa shape index (κ1) is 16.1. The minimum absolute atomic E-state index is 0.167. The van der Waals surface area contributed by atoms with Gasteiger partial charge in [0.2, 0.25) is 0 Å². The van der Waals surface area contributed by atoms with Gasteiger partial charge >= 0.3 is 11.8 Å². The summed E-state index contributed by atoms with van der Waals surface area (Å²) in [5, 5.41) is 5.28. The number of aryl methyl sites for hydroxylation is 1. The number of rotatable bonds is 2. The number of benzene rings is 2. The van der Waals surface area contributed by atoms with E-state index in [0.29, 0.717) is 11.4 Å². The van der Waals surface area contributed by atoms with Gasteiger partial charge in [-0.25, -0.2) is 0 Å². The van der Waals surface area contributed by atoms with Gasteiger partial charge in [-0.3, -0.25) is 9.59 Å². The van der Waals surface area contributed by atoms with E-state index in [0.717, 1.165) is 5.56 Å². The Morgan fingerprint density at radius 2 is 1.64 bits per heavy atom. The van der Waals surface area contributed by atoms with Gasteiger partial charge in [0.1, 0.15) is 0 Å². The number of amides is 2. The predicted molar refractivity (Wildman–Crippen MR) is 89.3 cm³/mol. The maximum atomic E-state index is 11.9. The van der Waals surface area contributed by atoms with Crippen molar-refractivity contribution in [3.63, 3.8) is 0 Å². The second kappa shape index (κ2) is 6.68. The minimum atomic E-state index is -0.871. The third kappa shape index (κ3) is 3.69. The minimum Gasteiger partial charge on any atom is -0.397 e. The topological polar surface area (TPSA) is 84.2 Å². The highest BCUT2D eigenvalue weighted by atomic mass is 35.5. The lowest BCUT2D eigenvalue weighted by molar-refractivity contribution is -0.132. The van der Waals surface area contributed by atoms with Crippen molar-refractivity contribution in [1.82, 2.24) is 0 Å². The molecule has 5 nitrogen and oxygen atoms in total. The van der Waals surface area contributed by atoms with Crippen LogP contribution in [-0.2, 0) is 9.59 Å². The third-order valence-electron chi connectivity index (χ3n) is 2.86. The zero-order valence-electron chi connectivity index (χ0n) is 11.6. The molecule has 0 aliphatic heterocycles. The van der Waals surface area contributed by atoms with Gasteiger partial charge in [-0.05, 0) is 36.8 Å². The summed E-state index contributed by atoms with van der Waals surface area (Å²) in [4.78, 5) is 23.8. The highest BCUT2D eigenvalue weighted by Gasteiger charge is 2.17. The summed E-state index contributed by atoms with van der Waals surface area (Å²) in [5.74, 6) is -1.73. The molecule has 0 bridgehead atoms. The number of carbonyl (C=O) groups is 2. The van der Waals surface area contributed by atoms with Crippen molar-refractivity contribution < 1.29 is 9.59 Å². The number of carbonyl (C=O) groups excluding carboxylic acids is 2. The predicted octanol–water partition coefficient (Wildman–Crippen LogP) is 3.46. The van der Waals surface area contributed by atoms with E-state index in [2.05, 4.69) is 10.6 Å². The van der Waals surface area contributed by atoms with Crippen LogP contribution in [0.5, 0.6) is 0 Å². The Bertz CT molecular complexity index is 748. The van der Waals surface area contributed by atoms with E-state index >= 15 is 0 Å². The molecule has 0 aliphatic rings. The van der Waals surface area contributed by atoms with Gasteiger partial charge in [-0.1, -0.05) is 35.3 Å². The number of halogens is 2. The number of nitrogen functional groups attached to an aromatic ring is 1. The Labute approximate surface area is 137 Å². The summed E-state index contributed by atoms with van der Waals surface area (Å²) in [6.45, 7) is 1.87. The van der Waals surface area contributed by atoms with Gasteiger partial charge in [0, 0.05) is 0 Å². The first-order valence-corrected chi connectivity index (χ1v) is 7.06. The summed E-state index contributed by atoms with van der Waals surface area (Å²) in [5.41, 5.74) is 7.73. The molecule has 0 radical (unpaired) electrons. The number of hydrogen-bond acceptors (Lipinski definition) is 3. The molecule has 22 heavy (non-hydrogen) atoms. The molecule has 2 rings (SSSR count). The highest BCUT2D eigenvalue weighted by Crippen LogP contribution is 2.29. The molecule has 0 fully saturated rings. The second-order valence-corrected chi connectivity index (χ2v) is 5.39. The van der Waals surface area contributed by atoms with Crippen LogP contribution in [-0.4, -0.2) is 11.8 Å². The van der Waals surface area contributed by atoms with Crippen LogP contribution < -0.4 is 16.4 Å². The molecule has 7 heteroatoms. The van der Waals surface area contributed by atoms with Crippen LogP contribution in [0.15, 0.2) is 36.4 Å². The van der Waals surface area contributed by atoms with Crippen LogP contribution in [0.4, 0.5) is 17.1 Å². The summed E-state index contributed by atoms with van der Waals surface area (Å²) in [6, 6.07) is 9.83. The molecule has 2 aromatic rings. The summed E-state index contributed by atoms with van der Waals surface area (Å²) in [7, 11) is 0. The van der Waals surface area contributed by atoms with Crippen molar-refractivity contribution in [3.05, 3.63) is 52.0 Å². The Morgan fingerprint density at radius 3 is 2.27 bits per heavy atom. The molecule has 0 spiro atoms. The number of hydrogen-bond donors (Lipinski definition) is 3. The fourth-order valence-corrected chi connectivity index (χ4v) is 2.10. The van der Waals surface area contributed by atoms with Crippen molar-refractivity contribution in [3.8, 4) is 0 Å². The van der Waals surface area contributed by atoms with E-state index in [1.807, 2.05) is 6.92 Å². The number of nitrogens with one attached hydrogen (secondary N) is 2. The Balaban J connectivity index is 2.09. The molecule has 0 aromatic heterocycles. The van der Waals surface area contributed by atoms with Gasteiger partial charge < -0.3 is 16.4 Å². The van der Waals surface area contributed by atoms with Gasteiger partial charge in [0.25, 0.3) is 0 Å². The summed E-state index contributed by atoms with van der Waals surface area (Å²) in [6.07, 6.45) is 0. The molecule has 0 saturated heterocycles. The fourth-order valence-electron chi connectivity index (χ4n) is 1.75. The zero-order valence-corrected chi connectivity index (χ0v) is 13.1. The molecule has 0 heterocycles. The first-order valence-electron chi connectivity index (χ1n) is 6.31. The molecule has 114 valence electrons. The van der Waals surface area contributed by atoms with E-state index in [9.17, 15) is 9.59 Å². The van der Waals surface area contributed by atoms with E-state index < -0.39 is 11.8 Å². The van der Waals surface area contributed by atoms with E-state index in [1.165, 1.54) is 0 Å². The molecule has 0 atom stereocenters. The second-order valence-electron chi connectivity index (χ2n) is 4.60. The zero-order chi connectivity index (χ0) is 16.3. The Kier molecular flexibility index (Phi) is 4.90. The highest BCUT2D eigenvalue weighted by molar-refractivity contribution is 6.47. The quantitative estimate of drug-likeness (QED) is 0.579. The largest absolute Gasteiger partial charge is 0.397 e. The molecule has 4 N–H and O–H groups in total. The van der Waals surface area contributed by atoms with Crippen molar-refractivity contribution in [2.24, 2.45) is 0 Å². The van der Waals surface area contributed by atoms with Crippen molar-refractivity contribution in [2.45, 2.75) is 6.92 Å². The van der Waals surface area contributed by atoms with Gasteiger partial charge in [-0.15, -0.1) is 0 Å². The fraction of sp³-hybridized carbons (Fsp3) is 0.0667. The summed E-state index contributed by atoms with van der Waals surface area (Å²) < 4.78 is 0. The average Bonchev–Trinajstić information content (AvgIpc) is 2.46. The lowest BCUT2D eigenvalue weighted by Gasteiger charge is -2.10. The van der Waals surface area contributed by atoms with Crippen LogP contribution in [0.25, 0.3) is 0 Å². The van der Waals surface area contributed by atoms with Crippen LogP contribution in [0.1, 0.15) is 5.56 Å². The maximum absolute atomic E-state index is 11.9. The van der Waals surface area contributed by atoms with Crippen LogP contribution in [0.2, 0.25) is 10.0 Å². The standard InChI is InChI=1S/C15H13Cl2N3O2/c1-8-5-6-11(10(18)7-8)19-14(21)15(22)20-12-4-2-3-9(16)13(12)17/h2-7H,18H2,1H3,(H,19,21)(H,20,22). The van der Waals surface area contributed by atoms with Crippen molar-refractivity contribution in [1.29, 1.82) is 0 Å². The molecular weight excluding hydrogens is 325 g/mol. The molecule has 0 unspecified atom stereocenters. The molecule has 2 aromatic carbocycles. The van der Waals surface area contributed by atoms with E-state index in [1.54, 1.807) is 36.4 Å². The van der Waals surface area contributed by atoms with Gasteiger partial charge in [-0.2, -0.15) is 0 Å². The van der Waals surface area contributed by atoms with Gasteiger partial charge in [0.15, 0.2) is 0 Å². The lowest BCUT2D eigenvalue weighted by atomic mass is 10.2. The Hall–Kier alpha value is -2.24. The summed E-state index contributed by atoms with van der Waals surface area (Å²) >= 11 is 11.8. The number of nitrogens with two attached hydrogens (primary N) is 1. The average molecular weight is 338 g/mol. The molecule has 2 amide bonds. The first-order chi connectivity index (χ1) is 10.4. The van der Waals surface area contributed by atoms with Gasteiger partial charge in [0.05, 0.1) is 27.1 Å². The normalized spacial score (nSPS) is 10.1. The molecular formula is C15H13Cl2N3O2. The van der Waals surface area contributed by atoms with Crippen LogP contribution >= 0.6 is 23.2 Å². The third-order valence-corrected chi connectivity index (χ3v) is 3.68. The van der Waals surface area contributed by atoms with Crippen LogP contribution in [0, 0.1) is 6.92 Å². The van der Waals surface area contributed by atoms with E-state index in [4.69, 9.17) is 28.9 Å². The smallest absolute Gasteiger partial charge is 0.314 e. The monoisotopic (exact) mass is 337 g/mol. The SMILES string of the molecule is Cc1ccc(NC(=O)C(=O)Nc2cccc(Cl)c2Cl)c(N)c1.